The largest absolute Gasteiger partial charge is 0.412 e. The second kappa shape index (κ2) is 23.1. The van der Waals surface area contributed by atoms with E-state index >= 15 is 0 Å². The molecule has 3 unspecified atom stereocenters. The molecule has 0 spiro atoms. The van der Waals surface area contributed by atoms with Crippen molar-refractivity contribution in [1.29, 1.82) is 0 Å². The van der Waals surface area contributed by atoms with Crippen LogP contribution in [0.2, 0.25) is 45.3 Å². The molecule has 0 aliphatic heterocycles. The van der Waals surface area contributed by atoms with Crippen LogP contribution in [0.3, 0.4) is 0 Å². The van der Waals surface area contributed by atoms with E-state index in [1.165, 1.54) is 57.4 Å². The molecule has 0 aromatic rings. The Balaban J connectivity index is -0.00000125. The van der Waals surface area contributed by atoms with E-state index in [1.807, 2.05) is 0 Å². The van der Waals surface area contributed by atoms with Gasteiger partial charge in [-0.15, -0.1) is 0 Å². The summed E-state index contributed by atoms with van der Waals surface area (Å²) in [6, 6.07) is 1.39. The highest BCUT2D eigenvalue weighted by Gasteiger charge is 2.39. The van der Waals surface area contributed by atoms with Gasteiger partial charge in [0.25, 0.3) is 0 Å². The van der Waals surface area contributed by atoms with Crippen LogP contribution in [-0.2, 0) is 9.16 Å². The minimum atomic E-state index is -1.62. The standard InChI is InChI=1S/C24H54O3Si2.2C4H10/c1-11-12-15-24(4,27-29(8,9)10)21-23(3,14-13-17-26-18-16-25)19-22(2)20-28(5,6)7;2*1-3-4-2/h22,25H,11-21H2,1-10H3;2*3-4H2,1-2H3. The van der Waals surface area contributed by atoms with Crippen molar-refractivity contribution in [3.05, 3.63) is 0 Å². The molecular weight excluding hydrogens is 489 g/mol. The molecule has 0 aromatic heterocycles. The van der Waals surface area contributed by atoms with Gasteiger partial charge in [-0.2, -0.15) is 0 Å². The number of aliphatic hydroxyl groups excluding tert-OH is 1. The van der Waals surface area contributed by atoms with Crippen LogP contribution in [0.25, 0.3) is 0 Å². The number of rotatable bonds is 19. The van der Waals surface area contributed by atoms with Crippen molar-refractivity contribution >= 4 is 16.4 Å². The van der Waals surface area contributed by atoms with E-state index in [4.69, 9.17) is 14.3 Å². The lowest BCUT2D eigenvalue weighted by Gasteiger charge is -2.44. The van der Waals surface area contributed by atoms with Crippen LogP contribution < -0.4 is 0 Å². The second-order valence-electron chi connectivity index (χ2n) is 14.3. The van der Waals surface area contributed by atoms with Gasteiger partial charge >= 0.3 is 0 Å². The van der Waals surface area contributed by atoms with Gasteiger partial charge in [0, 0.05) is 14.7 Å². The molecule has 1 N–H and O–H groups in total. The minimum Gasteiger partial charge on any atom is -0.412 e. The highest BCUT2D eigenvalue weighted by Crippen LogP contribution is 2.44. The summed E-state index contributed by atoms with van der Waals surface area (Å²) >= 11 is 0. The van der Waals surface area contributed by atoms with E-state index in [0.29, 0.717) is 6.61 Å². The SMILES string of the molecule is CCCC.CCCC.CCCCC(C)(CC(C)(CCCOCCO)CC(C)C[Si](C)(C)C)O[Si](C)(C)C. The predicted molar refractivity (Wildman–Crippen MR) is 175 cm³/mol. The Hall–Kier alpha value is 0.314. The molecule has 3 atom stereocenters. The maximum atomic E-state index is 8.96. The first kappa shape index (κ1) is 41.8. The number of hydrogen-bond donors (Lipinski definition) is 1. The maximum Gasteiger partial charge on any atom is 0.184 e. The Bertz CT molecular complexity index is 479. The van der Waals surface area contributed by atoms with Gasteiger partial charge in [0.1, 0.15) is 0 Å². The van der Waals surface area contributed by atoms with Crippen molar-refractivity contribution in [2.45, 2.75) is 177 Å². The van der Waals surface area contributed by atoms with Crippen molar-refractivity contribution < 1.29 is 14.3 Å². The molecule has 0 amide bonds. The summed E-state index contributed by atoms with van der Waals surface area (Å²) < 4.78 is 12.4. The van der Waals surface area contributed by atoms with Crippen LogP contribution in [-0.4, -0.2) is 46.9 Å². The van der Waals surface area contributed by atoms with E-state index in [-0.39, 0.29) is 17.6 Å². The molecular formula is C32H74O3Si2. The van der Waals surface area contributed by atoms with Gasteiger partial charge in [-0.1, -0.05) is 113 Å². The zero-order valence-corrected chi connectivity index (χ0v) is 30.4. The molecule has 0 fully saturated rings. The Labute approximate surface area is 238 Å². The van der Waals surface area contributed by atoms with Crippen molar-refractivity contribution in [2.24, 2.45) is 11.3 Å². The average Bonchev–Trinajstić information content (AvgIpc) is 2.75. The fourth-order valence-electron chi connectivity index (χ4n) is 5.36. The van der Waals surface area contributed by atoms with Crippen LogP contribution in [0, 0.1) is 11.3 Å². The number of hydrogen-bond acceptors (Lipinski definition) is 3. The first-order valence-corrected chi connectivity index (χ1v) is 23.0. The Morgan fingerprint density at radius 2 is 1.24 bits per heavy atom. The van der Waals surface area contributed by atoms with Crippen LogP contribution >= 0.6 is 0 Å². The molecule has 228 valence electrons. The smallest absolute Gasteiger partial charge is 0.184 e. The van der Waals surface area contributed by atoms with Crippen molar-refractivity contribution in [1.82, 2.24) is 0 Å². The molecule has 0 radical (unpaired) electrons. The van der Waals surface area contributed by atoms with E-state index in [0.717, 1.165) is 31.8 Å². The highest BCUT2D eigenvalue weighted by atomic mass is 28.4. The van der Waals surface area contributed by atoms with E-state index in [1.54, 1.807) is 0 Å². The Kier molecular flexibility index (Phi) is 26.0. The van der Waals surface area contributed by atoms with E-state index in [9.17, 15) is 0 Å². The molecule has 0 saturated carbocycles. The average molecular weight is 563 g/mol. The normalized spacial score (nSPS) is 16.0. The molecule has 0 aromatic carbocycles. The summed E-state index contributed by atoms with van der Waals surface area (Å²) in [5.41, 5.74) is 0.240. The number of aliphatic hydroxyl groups is 1. The summed E-state index contributed by atoms with van der Waals surface area (Å²) in [6.07, 6.45) is 13.5. The summed E-state index contributed by atoms with van der Waals surface area (Å²) in [4.78, 5) is 0. The summed E-state index contributed by atoms with van der Waals surface area (Å²) in [6.45, 7) is 34.1. The van der Waals surface area contributed by atoms with Crippen LogP contribution in [0.1, 0.15) is 126 Å². The third-order valence-electron chi connectivity index (χ3n) is 6.52. The first-order chi connectivity index (χ1) is 17.0. The highest BCUT2D eigenvalue weighted by molar-refractivity contribution is 6.76. The van der Waals surface area contributed by atoms with Gasteiger partial charge in [-0.25, -0.2) is 0 Å². The van der Waals surface area contributed by atoms with Gasteiger partial charge in [-0.3, -0.25) is 0 Å². The lowest BCUT2D eigenvalue weighted by Crippen LogP contribution is -2.44. The van der Waals surface area contributed by atoms with Crippen LogP contribution in [0.4, 0.5) is 0 Å². The van der Waals surface area contributed by atoms with Crippen molar-refractivity contribution in [3.8, 4) is 0 Å². The zero-order chi connectivity index (χ0) is 29.6. The Morgan fingerprint density at radius 3 is 1.62 bits per heavy atom. The van der Waals surface area contributed by atoms with E-state index < -0.39 is 16.4 Å². The van der Waals surface area contributed by atoms with Gasteiger partial charge in [0.05, 0.1) is 18.8 Å². The Morgan fingerprint density at radius 1 is 0.730 bits per heavy atom. The molecule has 3 nitrogen and oxygen atoms in total. The van der Waals surface area contributed by atoms with Gasteiger partial charge in [0.15, 0.2) is 8.32 Å². The summed E-state index contributed by atoms with van der Waals surface area (Å²) in [5.74, 6) is 0.757. The number of ether oxygens (including phenoxy) is 1. The first-order valence-electron chi connectivity index (χ1n) is 15.9. The molecule has 0 aliphatic carbocycles. The summed E-state index contributed by atoms with van der Waals surface area (Å²) in [7, 11) is -2.68. The predicted octanol–water partition coefficient (Wildman–Crippen LogP) is 10.9. The second-order valence-corrected chi connectivity index (χ2v) is 24.2. The number of unbranched alkanes of at least 4 members (excludes halogenated alkanes) is 3. The molecule has 5 heteroatoms. The molecule has 0 saturated heterocycles. The van der Waals surface area contributed by atoms with Gasteiger partial charge in [-0.05, 0) is 70.0 Å². The molecule has 37 heavy (non-hydrogen) atoms. The topological polar surface area (TPSA) is 38.7 Å². The van der Waals surface area contributed by atoms with Gasteiger partial charge in [0.2, 0.25) is 0 Å². The van der Waals surface area contributed by atoms with Crippen molar-refractivity contribution in [2.75, 3.05) is 19.8 Å². The van der Waals surface area contributed by atoms with Crippen LogP contribution in [0.5, 0.6) is 0 Å². The monoisotopic (exact) mass is 563 g/mol. The lowest BCUT2D eigenvalue weighted by atomic mass is 9.70. The lowest BCUT2D eigenvalue weighted by molar-refractivity contribution is 0.00298. The van der Waals surface area contributed by atoms with Crippen LogP contribution in [0.15, 0.2) is 0 Å². The zero-order valence-electron chi connectivity index (χ0n) is 28.4. The van der Waals surface area contributed by atoms with E-state index in [2.05, 4.69) is 94.7 Å². The minimum absolute atomic E-state index is 0.0277. The third kappa shape index (κ3) is 30.7. The molecule has 0 aliphatic rings. The molecule has 0 rings (SSSR count). The quantitative estimate of drug-likeness (QED) is 0.126. The summed E-state index contributed by atoms with van der Waals surface area (Å²) in [5, 5.41) is 8.96. The maximum absolute atomic E-state index is 8.96. The molecule has 0 bridgehead atoms. The van der Waals surface area contributed by atoms with Gasteiger partial charge < -0.3 is 14.3 Å². The fourth-order valence-corrected chi connectivity index (χ4v) is 9.24. The van der Waals surface area contributed by atoms with Crippen molar-refractivity contribution in [3.63, 3.8) is 0 Å². The molecule has 0 heterocycles. The fraction of sp³-hybridized carbons (Fsp3) is 1.00. The third-order valence-corrected chi connectivity index (χ3v) is 9.55.